The molecule has 0 spiro atoms. The van der Waals surface area contributed by atoms with Gasteiger partial charge in [-0.3, -0.25) is 9.59 Å². The van der Waals surface area contributed by atoms with Crippen molar-refractivity contribution in [2.75, 3.05) is 0 Å². The molecule has 0 saturated carbocycles. The summed E-state index contributed by atoms with van der Waals surface area (Å²) in [7, 11) is 0. The fourth-order valence-corrected chi connectivity index (χ4v) is 2.84. The van der Waals surface area contributed by atoms with E-state index in [-0.39, 0.29) is 16.5 Å². The van der Waals surface area contributed by atoms with E-state index in [9.17, 15) is 9.59 Å². The van der Waals surface area contributed by atoms with Gasteiger partial charge in [0.1, 0.15) is 6.04 Å². The van der Waals surface area contributed by atoms with Crippen LogP contribution in [0.15, 0.2) is 35.8 Å². The summed E-state index contributed by atoms with van der Waals surface area (Å²) in [6.45, 7) is 0. The number of fused-ring (bicyclic) bond motifs is 1. The number of aromatic nitrogens is 2. The lowest BCUT2D eigenvalue weighted by Gasteiger charge is -2.00. The van der Waals surface area contributed by atoms with Gasteiger partial charge in [0.15, 0.2) is 5.01 Å². The van der Waals surface area contributed by atoms with Crippen molar-refractivity contribution in [2.45, 2.75) is 6.04 Å². The van der Waals surface area contributed by atoms with Crippen LogP contribution < -0.4 is 5.73 Å². The standard InChI is InChI=1S/C14H11N3O3S/c15-11(14(19)20)10-6-21-13(17-10)12(18)8-5-16-9-4-2-1-3-7(8)9/h1-6,11,16H,15H2,(H,19,20). The molecule has 1 atom stereocenters. The molecule has 0 radical (unpaired) electrons. The molecule has 3 rings (SSSR count). The first-order valence-electron chi connectivity index (χ1n) is 6.12. The van der Waals surface area contributed by atoms with Gasteiger partial charge in [0.25, 0.3) is 0 Å². The maximum Gasteiger partial charge on any atom is 0.326 e. The van der Waals surface area contributed by atoms with Gasteiger partial charge in [-0.2, -0.15) is 0 Å². The summed E-state index contributed by atoms with van der Waals surface area (Å²) in [4.78, 5) is 30.4. The monoisotopic (exact) mass is 301 g/mol. The predicted octanol–water partition coefficient (Wildman–Crippen LogP) is 1.94. The van der Waals surface area contributed by atoms with Crippen LogP contribution in [0.2, 0.25) is 0 Å². The summed E-state index contributed by atoms with van der Waals surface area (Å²) < 4.78 is 0. The Labute approximate surface area is 123 Å². The minimum atomic E-state index is -1.22. The first-order valence-corrected chi connectivity index (χ1v) is 7.00. The lowest BCUT2D eigenvalue weighted by Crippen LogP contribution is -2.21. The number of rotatable bonds is 4. The number of ketones is 1. The number of benzene rings is 1. The van der Waals surface area contributed by atoms with Gasteiger partial charge in [0.2, 0.25) is 5.78 Å². The molecule has 0 fully saturated rings. The number of H-pyrrole nitrogens is 1. The molecule has 2 aromatic heterocycles. The second-order valence-electron chi connectivity index (χ2n) is 4.47. The lowest BCUT2D eigenvalue weighted by atomic mass is 10.1. The first-order chi connectivity index (χ1) is 10.1. The van der Waals surface area contributed by atoms with Crippen LogP contribution in [0.4, 0.5) is 0 Å². The zero-order valence-corrected chi connectivity index (χ0v) is 11.6. The minimum Gasteiger partial charge on any atom is -0.480 e. The molecule has 1 unspecified atom stereocenters. The van der Waals surface area contributed by atoms with E-state index in [1.807, 2.05) is 24.3 Å². The third-order valence-corrected chi connectivity index (χ3v) is 3.99. The zero-order valence-electron chi connectivity index (χ0n) is 10.7. The zero-order chi connectivity index (χ0) is 15.0. The quantitative estimate of drug-likeness (QED) is 0.638. The minimum absolute atomic E-state index is 0.190. The van der Waals surface area contributed by atoms with Crippen LogP contribution in [0, 0.1) is 0 Å². The molecule has 4 N–H and O–H groups in total. The van der Waals surface area contributed by atoms with E-state index in [2.05, 4.69) is 9.97 Å². The molecular formula is C14H11N3O3S. The molecule has 0 amide bonds. The lowest BCUT2D eigenvalue weighted by molar-refractivity contribution is -0.138. The first kappa shape index (κ1) is 13.5. The van der Waals surface area contributed by atoms with Crippen molar-refractivity contribution in [3.63, 3.8) is 0 Å². The average Bonchev–Trinajstić information content (AvgIpc) is 3.12. The molecular weight excluding hydrogens is 290 g/mol. The molecule has 6 nitrogen and oxygen atoms in total. The number of aliphatic carboxylic acids is 1. The fraction of sp³-hybridized carbons (Fsp3) is 0.0714. The predicted molar refractivity (Wildman–Crippen MR) is 78.4 cm³/mol. The molecule has 106 valence electrons. The summed E-state index contributed by atoms with van der Waals surface area (Å²) in [6.07, 6.45) is 1.63. The van der Waals surface area contributed by atoms with Crippen molar-refractivity contribution in [1.29, 1.82) is 0 Å². The molecule has 0 aliphatic carbocycles. The van der Waals surface area contributed by atoms with Crippen LogP contribution in [-0.4, -0.2) is 26.8 Å². The van der Waals surface area contributed by atoms with Crippen LogP contribution in [0.3, 0.4) is 0 Å². The van der Waals surface area contributed by atoms with Crippen LogP contribution in [-0.2, 0) is 4.79 Å². The molecule has 0 aliphatic heterocycles. The van der Waals surface area contributed by atoms with Crippen LogP contribution in [0.5, 0.6) is 0 Å². The van der Waals surface area contributed by atoms with Crippen molar-refractivity contribution in [2.24, 2.45) is 5.73 Å². The second kappa shape index (κ2) is 5.12. The Morgan fingerprint density at radius 1 is 1.33 bits per heavy atom. The van der Waals surface area contributed by atoms with Crippen LogP contribution in [0.25, 0.3) is 10.9 Å². The Morgan fingerprint density at radius 3 is 2.86 bits per heavy atom. The summed E-state index contributed by atoms with van der Waals surface area (Å²) in [5.41, 5.74) is 7.05. The van der Waals surface area contributed by atoms with Crippen molar-refractivity contribution >= 4 is 34.0 Å². The maximum absolute atomic E-state index is 12.5. The van der Waals surface area contributed by atoms with E-state index in [1.54, 1.807) is 6.20 Å². The third kappa shape index (κ3) is 2.32. The summed E-state index contributed by atoms with van der Waals surface area (Å²) in [6, 6.07) is 6.22. The molecule has 3 aromatic rings. The van der Waals surface area contributed by atoms with Crippen molar-refractivity contribution in [3.8, 4) is 0 Å². The van der Waals surface area contributed by atoms with Crippen molar-refractivity contribution < 1.29 is 14.7 Å². The molecule has 0 saturated heterocycles. The number of hydrogen-bond acceptors (Lipinski definition) is 5. The van der Waals surface area contributed by atoms with E-state index in [4.69, 9.17) is 10.8 Å². The molecule has 0 aliphatic rings. The van der Waals surface area contributed by atoms with Gasteiger partial charge in [-0.05, 0) is 6.07 Å². The topological polar surface area (TPSA) is 109 Å². The largest absolute Gasteiger partial charge is 0.480 e. The molecule has 1 aromatic carbocycles. The highest BCUT2D eigenvalue weighted by molar-refractivity contribution is 7.12. The average molecular weight is 301 g/mol. The number of nitrogens with two attached hydrogens (primary N) is 1. The third-order valence-electron chi connectivity index (χ3n) is 3.13. The van der Waals surface area contributed by atoms with Gasteiger partial charge in [-0.25, -0.2) is 4.98 Å². The Balaban J connectivity index is 1.97. The normalized spacial score (nSPS) is 12.4. The smallest absolute Gasteiger partial charge is 0.326 e. The number of para-hydroxylation sites is 1. The molecule has 7 heteroatoms. The van der Waals surface area contributed by atoms with Crippen LogP contribution in [0.1, 0.15) is 27.1 Å². The molecule has 21 heavy (non-hydrogen) atoms. The van der Waals surface area contributed by atoms with Gasteiger partial charge in [-0.1, -0.05) is 18.2 Å². The van der Waals surface area contributed by atoms with E-state index in [1.165, 1.54) is 5.38 Å². The molecule has 2 heterocycles. The Kier molecular flexibility index (Phi) is 3.28. The summed E-state index contributed by atoms with van der Waals surface area (Å²) >= 11 is 1.09. The number of carbonyl (C=O) groups excluding carboxylic acids is 1. The van der Waals surface area contributed by atoms with Gasteiger partial charge < -0.3 is 15.8 Å². The second-order valence-corrected chi connectivity index (χ2v) is 5.33. The number of aromatic amines is 1. The van der Waals surface area contributed by atoms with Crippen molar-refractivity contribution in [1.82, 2.24) is 9.97 Å². The molecule has 0 bridgehead atoms. The highest BCUT2D eigenvalue weighted by Gasteiger charge is 2.22. The number of carboxylic acid groups (broad SMARTS) is 1. The van der Waals surface area contributed by atoms with Crippen LogP contribution >= 0.6 is 11.3 Å². The Bertz CT molecular complexity index is 837. The van der Waals surface area contributed by atoms with E-state index in [0.717, 1.165) is 22.2 Å². The Hall–Kier alpha value is -2.51. The van der Waals surface area contributed by atoms with Crippen molar-refractivity contribution in [3.05, 3.63) is 52.1 Å². The number of nitrogens with zero attached hydrogens (tertiary/aromatic N) is 1. The maximum atomic E-state index is 12.5. The number of thiazole rings is 1. The van der Waals surface area contributed by atoms with Gasteiger partial charge >= 0.3 is 5.97 Å². The van der Waals surface area contributed by atoms with E-state index in [0.29, 0.717) is 5.56 Å². The van der Waals surface area contributed by atoms with Gasteiger partial charge in [0.05, 0.1) is 11.3 Å². The fourth-order valence-electron chi connectivity index (χ4n) is 2.03. The highest BCUT2D eigenvalue weighted by Crippen LogP contribution is 2.23. The SMILES string of the molecule is NC(C(=O)O)c1csc(C(=O)c2c[nH]c3ccccc23)n1. The number of carboxylic acids is 1. The summed E-state index contributed by atoms with van der Waals surface area (Å²) in [5.74, 6) is -1.42. The number of hydrogen-bond donors (Lipinski definition) is 3. The number of nitrogens with one attached hydrogen (secondary N) is 1. The summed E-state index contributed by atoms with van der Waals surface area (Å²) in [5, 5.41) is 11.4. The van der Waals surface area contributed by atoms with Gasteiger partial charge in [0, 0.05) is 22.5 Å². The highest BCUT2D eigenvalue weighted by atomic mass is 32.1. The van der Waals surface area contributed by atoms with E-state index >= 15 is 0 Å². The number of carbonyl (C=O) groups is 2. The Morgan fingerprint density at radius 2 is 2.10 bits per heavy atom. The van der Waals surface area contributed by atoms with E-state index < -0.39 is 12.0 Å². The van der Waals surface area contributed by atoms with Gasteiger partial charge in [-0.15, -0.1) is 11.3 Å².